The van der Waals surface area contributed by atoms with Crippen LogP contribution in [0.15, 0.2) is 41.8 Å². The van der Waals surface area contributed by atoms with Gasteiger partial charge >= 0.3 is 0 Å². The minimum absolute atomic E-state index is 0.101. The Kier molecular flexibility index (Phi) is 6.22. The van der Waals surface area contributed by atoms with Crippen molar-refractivity contribution in [3.63, 3.8) is 0 Å². The van der Waals surface area contributed by atoms with E-state index in [1.54, 1.807) is 17.4 Å². The maximum atomic E-state index is 12.5. The van der Waals surface area contributed by atoms with Crippen molar-refractivity contribution >= 4 is 44.7 Å². The molecule has 1 aromatic carbocycles. The minimum Gasteiger partial charge on any atom is -0.351 e. The molecule has 1 fully saturated rings. The monoisotopic (exact) mass is 428 g/mol. The molecule has 2 aromatic heterocycles. The van der Waals surface area contributed by atoms with Crippen LogP contribution in [0.2, 0.25) is 0 Å². The first-order chi connectivity index (χ1) is 14.1. The quantitative estimate of drug-likeness (QED) is 0.654. The molecule has 0 spiro atoms. The Labute approximate surface area is 178 Å². The number of aromatic nitrogens is 1. The Morgan fingerprint density at radius 1 is 1.14 bits per heavy atom. The van der Waals surface area contributed by atoms with Crippen LogP contribution in [-0.2, 0) is 4.79 Å². The number of amides is 2. The summed E-state index contributed by atoms with van der Waals surface area (Å²) >= 11 is 3.15. The molecule has 0 aliphatic carbocycles. The van der Waals surface area contributed by atoms with E-state index < -0.39 is 0 Å². The fourth-order valence-electron chi connectivity index (χ4n) is 3.52. The molecule has 1 aliphatic rings. The molecule has 1 N–H and O–H groups in total. The van der Waals surface area contributed by atoms with Crippen molar-refractivity contribution in [2.24, 2.45) is 0 Å². The molecule has 8 heteroatoms. The van der Waals surface area contributed by atoms with Gasteiger partial charge in [0, 0.05) is 39.1 Å². The summed E-state index contributed by atoms with van der Waals surface area (Å²) in [6, 6.07) is 12.1. The van der Waals surface area contributed by atoms with E-state index in [-0.39, 0.29) is 17.9 Å². The highest BCUT2D eigenvalue weighted by molar-refractivity contribution is 7.18. The first kappa shape index (κ1) is 20.0. The van der Waals surface area contributed by atoms with E-state index in [4.69, 9.17) is 4.98 Å². The van der Waals surface area contributed by atoms with E-state index in [0.717, 1.165) is 23.6 Å². The minimum atomic E-state index is -0.109. The Hall–Kier alpha value is -2.29. The van der Waals surface area contributed by atoms with Crippen molar-refractivity contribution in [3.05, 3.63) is 51.7 Å². The first-order valence-corrected chi connectivity index (χ1v) is 11.5. The smallest absolute Gasteiger partial charge is 0.261 e. The molecule has 0 unspecified atom stereocenters. The molecular formula is C21H24N4O2S2. The van der Waals surface area contributed by atoms with Crippen molar-refractivity contribution in [1.82, 2.24) is 20.1 Å². The summed E-state index contributed by atoms with van der Waals surface area (Å²) in [4.78, 5) is 34.2. The summed E-state index contributed by atoms with van der Waals surface area (Å²) in [7, 11) is 0. The number of thiophene rings is 1. The molecule has 1 saturated heterocycles. The van der Waals surface area contributed by atoms with Gasteiger partial charge in [-0.25, -0.2) is 4.98 Å². The van der Waals surface area contributed by atoms with E-state index in [1.807, 2.05) is 28.5 Å². The fraction of sp³-hybridized carbons (Fsp3) is 0.381. The fourth-order valence-corrected chi connectivity index (χ4v) is 5.21. The van der Waals surface area contributed by atoms with Gasteiger partial charge in [0.2, 0.25) is 5.91 Å². The lowest BCUT2D eigenvalue weighted by molar-refractivity contribution is -0.133. The molecular weight excluding hydrogens is 404 g/mol. The van der Waals surface area contributed by atoms with Crippen LogP contribution in [0.5, 0.6) is 0 Å². The number of hydrogen-bond acceptors (Lipinski definition) is 6. The maximum Gasteiger partial charge on any atom is 0.261 e. The third kappa shape index (κ3) is 4.66. The van der Waals surface area contributed by atoms with Crippen molar-refractivity contribution in [2.45, 2.75) is 19.4 Å². The van der Waals surface area contributed by atoms with Crippen LogP contribution in [0.25, 0.3) is 10.2 Å². The zero-order valence-corrected chi connectivity index (χ0v) is 18.0. The average Bonchev–Trinajstić information content (AvgIpc) is 3.43. The van der Waals surface area contributed by atoms with Crippen LogP contribution in [-0.4, -0.2) is 59.3 Å². The number of thiazole rings is 1. The molecule has 29 heavy (non-hydrogen) atoms. The van der Waals surface area contributed by atoms with Gasteiger partial charge in [0.1, 0.15) is 5.01 Å². The van der Waals surface area contributed by atoms with Gasteiger partial charge < -0.3 is 10.2 Å². The Morgan fingerprint density at radius 2 is 1.93 bits per heavy atom. The number of piperazine rings is 1. The van der Waals surface area contributed by atoms with Crippen LogP contribution < -0.4 is 5.32 Å². The van der Waals surface area contributed by atoms with Gasteiger partial charge in [0.05, 0.1) is 21.1 Å². The summed E-state index contributed by atoms with van der Waals surface area (Å²) in [5.41, 5.74) is 1.05. The predicted molar refractivity (Wildman–Crippen MR) is 117 cm³/mol. The average molecular weight is 429 g/mol. The largest absolute Gasteiger partial charge is 0.351 e. The molecule has 3 heterocycles. The highest BCUT2D eigenvalue weighted by atomic mass is 32.1. The molecule has 0 radical (unpaired) electrons. The Balaban J connectivity index is 1.24. The first-order valence-electron chi connectivity index (χ1n) is 9.81. The second-order valence-corrected chi connectivity index (χ2v) is 9.11. The summed E-state index contributed by atoms with van der Waals surface area (Å²) in [5.74, 6) is -0.00829. The third-order valence-corrected chi connectivity index (χ3v) is 7.33. The van der Waals surface area contributed by atoms with Gasteiger partial charge in [0.15, 0.2) is 0 Å². The van der Waals surface area contributed by atoms with Crippen molar-refractivity contribution in [1.29, 1.82) is 0 Å². The number of rotatable bonds is 6. The van der Waals surface area contributed by atoms with Gasteiger partial charge in [-0.15, -0.1) is 22.7 Å². The molecule has 0 saturated carbocycles. The van der Waals surface area contributed by atoms with Crippen LogP contribution in [0.4, 0.5) is 0 Å². The number of para-hydroxylation sites is 1. The highest BCUT2D eigenvalue weighted by Gasteiger charge is 2.26. The number of fused-ring (bicyclic) bond motifs is 1. The SMILES string of the molecule is C[C@@H](c1nc2ccccc2s1)N1CCN(C(=O)CCNC(=O)c2cccs2)CC1. The molecule has 1 atom stereocenters. The van der Waals surface area contributed by atoms with Crippen LogP contribution in [0.3, 0.4) is 0 Å². The number of carbonyl (C=O) groups is 2. The molecule has 2 amide bonds. The summed E-state index contributed by atoms with van der Waals surface area (Å²) < 4.78 is 1.22. The van der Waals surface area contributed by atoms with Crippen LogP contribution >= 0.6 is 22.7 Å². The normalized spacial score (nSPS) is 16.1. The highest BCUT2D eigenvalue weighted by Crippen LogP contribution is 2.29. The van der Waals surface area contributed by atoms with E-state index in [1.165, 1.54) is 16.0 Å². The van der Waals surface area contributed by atoms with Gasteiger partial charge in [-0.3, -0.25) is 14.5 Å². The van der Waals surface area contributed by atoms with E-state index >= 15 is 0 Å². The van der Waals surface area contributed by atoms with E-state index in [0.29, 0.717) is 30.9 Å². The lowest BCUT2D eigenvalue weighted by Crippen LogP contribution is -2.49. The molecule has 0 bridgehead atoms. The predicted octanol–water partition coefficient (Wildman–Crippen LogP) is 3.38. The van der Waals surface area contributed by atoms with Gasteiger partial charge in [-0.2, -0.15) is 0 Å². The summed E-state index contributed by atoms with van der Waals surface area (Å²) in [6.45, 7) is 5.67. The van der Waals surface area contributed by atoms with Crippen molar-refractivity contribution in [3.8, 4) is 0 Å². The molecule has 3 aromatic rings. The second-order valence-electron chi connectivity index (χ2n) is 7.10. The summed E-state index contributed by atoms with van der Waals surface area (Å²) in [6.07, 6.45) is 0.338. The van der Waals surface area contributed by atoms with Crippen LogP contribution in [0.1, 0.15) is 34.1 Å². The van der Waals surface area contributed by atoms with Gasteiger partial charge in [-0.1, -0.05) is 18.2 Å². The number of carbonyl (C=O) groups excluding carboxylic acids is 2. The topological polar surface area (TPSA) is 65.5 Å². The van der Waals surface area contributed by atoms with Crippen molar-refractivity contribution < 1.29 is 9.59 Å². The van der Waals surface area contributed by atoms with Gasteiger partial charge in [-0.05, 0) is 30.5 Å². The van der Waals surface area contributed by atoms with E-state index in [2.05, 4.69) is 29.3 Å². The maximum absolute atomic E-state index is 12.5. The molecule has 6 nitrogen and oxygen atoms in total. The zero-order valence-electron chi connectivity index (χ0n) is 16.3. The molecule has 152 valence electrons. The standard InChI is InChI=1S/C21H24N4O2S2/c1-15(21-23-16-5-2-3-6-17(16)29-21)24-10-12-25(13-11-24)19(26)8-9-22-20(27)18-7-4-14-28-18/h2-7,14-15H,8-13H2,1H3,(H,22,27)/t15-/m0/s1. The number of nitrogens with zero attached hydrogens (tertiary/aromatic N) is 3. The Bertz CT molecular complexity index is 945. The number of hydrogen-bond donors (Lipinski definition) is 1. The number of benzene rings is 1. The third-order valence-electron chi connectivity index (χ3n) is 5.25. The van der Waals surface area contributed by atoms with Crippen LogP contribution in [0, 0.1) is 0 Å². The lowest BCUT2D eigenvalue weighted by atomic mass is 10.2. The second kappa shape index (κ2) is 9.02. The van der Waals surface area contributed by atoms with E-state index in [9.17, 15) is 9.59 Å². The Morgan fingerprint density at radius 3 is 2.66 bits per heavy atom. The molecule has 1 aliphatic heterocycles. The lowest BCUT2D eigenvalue weighted by Gasteiger charge is -2.37. The summed E-state index contributed by atoms with van der Waals surface area (Å²) in [5, 5.41) is 5.82. The zero-order chi connectivity index (χ0) is 20.2. The van der Waals surface area contributed by atoms with Gasteiger partial charge in [0.25, 0.3) is 5.91 Å². The molecule has 4 rings (SSSR count). The van der Waals surface area contributed by atoms with Crippen molar-refractivity contribution in [2.75, 3.05) is 32.7 Å². The number of nitrogens with one attached hydrogen (secondary N) is 1.